The SMILES string of the molecule is CCN(CC1CCC1)c1cc(C)nc(C)c1/C(N)=N/O. The van der Waals surface area contributed by atoms with Crippen molar-refractivity contribution >= 4 is 11.5 Å². The summed E-state index contributed by atoms with van der Waals surface area (Å²) >= 11 is 0. The normalized spacial score (nSPS) is 16.1. The summed E-state index contributed by atoms with van der Waals surface area (Å²) < 4.78 is 0. The maximum Gasteiger partial charge on any atom is 0.174 e. The second-order valence-electron chi connectivity index (χ2n) is 5.56. The molecule has 0 saturated heterocycles. The first-order valence-corrected chi connectivity index (χ1v) is 7.27. The second kappa shape index (κ2) is 6.11. The van der Waals surface area contributed by atoms with E-state index in [9.17, 15) is 0 Å². The smallest absolute Gasteiger partial charge is 0.174 e. The van der Waals surface area contributed by atoms with Crippen molar-refractivity contribution in [1.82, 2.24) is 4.98 Å². The lowest BCUT2D eigenvalue weighted by Crippen LogP contribution is -2.34. The van der Waals surface area contributed by atoms with Crippen LogP contribution in [0, 0.1) is 19.8 Å². The Labute approximate surface area is 120 Å². The number of amidine groups is 1. The van der Waals surface area contributed by atoms with E-state index in [1.165, 1.54) is 19.3 Å². The second-order valence-corrected chi connectivity index (χ2v) is 5.56. The molecule has 1 saturated carbocycles. The van der Waals surface area contributed by atoms with Gasteiger partial charge in [-0.25, -0.2) is 0 Å². The third-order valence-corrected chi connectivity index (χ3v) is 4.10. The van der Waals surface area contributed by atoms with Crippen LogP contribution in [0.1, 0.15) is 43.1 Å². The zero-order valence-corrected chi connectivity index (χ0v) is 12.6. The molecule has 0 atom stereocenters. The minimum Gasteiger partial charge on any atom is -0.409 e. The van der Waals surface area contributed by atoms with Crippen molar-refractivity contribution in [3.63, 3.8) is 0 Å². The van der Waals surface area contributed by atoms with E-state index in [1.807, 2.05) is 19.9 Å². The van der Waals surface area contributed by atoms with E-state index < -0.39 is 0 Å². The van der Waals surface area contributed by atoms with Crippen LogP contribution in [0.3, 0.4) is 0 Å². The summed E-state index contributed by atoms with van der Waals surface area (Å²) in [6.07, 6.45) is 3.95. The standard InChI is InChI=1S/C15H24N4O/c1-4-19(9-12-6-5-7-12)13-8-10(2)17-11(3)14(13)15(16)18-20/h8,12,20H,4-7,9H2,1-3H3,(H2,16,18). The summed E-state index contributed by atoms with van der Waals surface area (Å²) in [5.74, 6) is 0.904. The Bertz CT molecular complexity index is 509. The highest BCUT2D eigenvalue weighted by Crippen LogP contribution is 2.31. The predicted molar refractivity (Wildman–Crippen MR) is 81.4 cm³/mol. The Morgan fingerprint density at radius 2 is 2.20 bits per heavy atom. The van der Waals surface area contributed by atoms with Gasteiger partial charge in [-0.3, -0.25) is 4.98 Å². The number of anilines is 1. The van der Waals surface area contributed by atoms with Crippen molar-refractivity contribution in [2.75, 3.05) is 18.0 Å². The molecule has 0 bridgehead atoms. The molecule has 0 aromatic carbocycles. The molecule has 1 aliphatic rings. The number of nitrogens with two attached hydrogens (primary N) is 1. The van der Waals surface area contributed by atoms with Crippen LogP contribution in [-0.4, -0.2) is 29.1 Å². The Morgan fingerprint density at radius 1 is 1.50 bits per heavy atom. The number of aromatic nitrogens is 1. The van der Waals surface area contributed by atoms with Gasteiger partial charge in [-0.15, -0.1) is 0 Å². The van der Waals surface area contributed by atoms with Gasteiger partial charge in [0.15, 0.2) is 5.84 Å². The van der Waals surface area contributed by atoms with Crippen molar-refractivity contribution in [3.05, 3.63) is 23.0 Å². The van der Waals surface area contributed by atoms with Gasteiger partial charge in [-0.05, 0) is 45.6 Å². The Hall–Kier alpha value is -1.78. The van der Waals surface area contributed by atoms with E-state index >= 15 is 0 Å². The number of hydrogen-bond donors (Lipinski definition) is 2. The largest absolute Gasteiger partial charge is 0.409 e. The van der Waals surface area contributed by atoms with Gasteiger partial charge in [0.05, 0.1) is 16.9 Å². The van der Waals surface area contributed by atoms with Crippen LogP contribution >= 0.6 is 0 Å². The highest BCUT2D eigenvalue weighted by molar-refractivity contribution is 6.03. The maximum atomic E-state index is 9.02. The summed E-state index contributed by atoms with van der Waals surface area (Å²) in [4.78, 5) is 6.75. The van der Waals surface area contributed by atoms with Crippen LogP contribution < -0.4 is 10.6 Å². The minimum atomic E-state index is 0.136. The molecule has 20 heavy (non-hydrogen) atoms. The Kier molecular flexibility index (Phi) is 4.47. The summed E-state index contributed by atoms with van der Waals surface area (Å²) in [6.45, 7) is 7.96. The van der Waals surface area contributed by atoms with E-state index in [-0.39, 0.29) is 5.84 Å². The monoisotopic (exact) mass is 276 g/mol. The fourth-order valence-electron chi connectivity index (χ4n) is 2.81. The van der Waals surface area contributed by atoms with Crippen molar-refractivity contribution in [3.8, 4) is 0 Å². The molecule has 0 unspecified atom stereocenters. The number of pyridine rings is 1. The van der Waals surface area contributed by atoms with Gasteiger partial charge in [0.25, 0.3) is 0 Å². The summed E-state index contributed by atoms with van der Waals surface area (Å²) in [5, 5.41) is 12.2. The van der Waals surface area contributed by atoms with Crippen molar-refractivity contribution in [1.29, 1.82) is 0 Å². The maximum absolute atomic E-state index is 9.02. The van der Waals surface area contributed by atoms with Gasteiger partial charge in [0, 0.05) is 18.8 Å². The van der Waals surface area contributed by atoms with Crippen LogP contribution in [0.15, 0.2) is 11.2 Å². The molecule has 0 amide bonds. The lowest BCUT2D eigenvalue weighted by molar-refractivity contribution is 0.317. The molecule has 1 aromatic heterocycles. The van der Waals surface area contributed by atoms with E-state index in [4.69, 9.17) is 10.9 Å². The number of nitrogens with zero attached hydrogens (tertiary/aromatic N) is 3. The van der Waals surface area contributed by atoms with Crippen LogP contribution in [0.25, 0.3) is 0 Å². The minimum absolute atomic E-state index is 0.136. The molecule has 5 heteroatoms. The van der Waals surface area contributed by atoms with Gasteiger partial charge in [-0.1, -0.05) is 11.6 Å². The fraction of sp³-hybridized carbons (Fsp3) is 0.600. The van der Waals surface area contributed by atoms with Gasteiger partial charge in [-0.2, -0.15) is 0 Å². The molecule has 1 aromatic rings. The van der Waals surface area contributed by atoms with E-state index in [0.717, 1.165) is 41.6 Å². The molecular weight excluding hydrogens is 252 g/mol. The average molecular weight is 276 g/mol. The Morgan fingerprint density at radius 3 is 2.70 bits per heavy atom. The summed E-state index contributed by atoms with van der Waals surface area (Å²) in [5.41, 5.74) is 9.39. The topological polar surface area (TPSA) is 74.7 Å². The molecule has 1 fully saturated rings. The number of oxime groups is 1. The molecule has 0 aliphatic heterocycles. The quantitative estimate of drug-likeness (QED) is 0.375. The number of rotatable bonds is 5. The number of aryl methyl sites for hydroxylation is 2. The molecule has 3 N–H and O–H groups in total. The zero-order valence-electron chi connectivity index (χ0n) is 12.6. The van der Waals surface area contributed by atoms with Gasteiger partial charge in [0.2, 0.25) is 0 Å². The van der Waals surface area contributed by atoms with Crippen LogP contribution in [0.5, 0.6) is 0 Å². The third kappa shape index (κ3) is 2.86. The first kappa shape index (κ1) is 14.6. The van der Waals surface area contributed by atoms with Gasteiger partial charge >= 0.3 is 0 Å². The molecule has 0 spiro atoms. The van der Waals surface area contributed by atoms with Crippen molar-refractivity contribution in [2.45, 2.75) is 40.0 Å². The Balaban J connectivity index is 2.40. The van der Waals surface area contributed by atoms with E-state index in [0.29, 0.717) is 0 Å². The first-order valence-electron chi connectivity index (χ1n) is 7.27. The average Bonchev–Trinajstić information content (AvgIpc) is 2.36. The molecule has 1 heterocycles. The summed E-state index contributed by atoms with van der Waals surface area (Å²) in [7, 11) is 0. The van der Waals surface area contributed by atoms with Crippen LogP contribution in [-0.2, 0) is 0 Å². The van der Waals surface area contributed by atoms with Crippen LogP contribution in [0.2, 0.25) is 0 Å². The fourth-order valence-corrected chi connectivity index (χ4v) is 2.81. The van der Waals surface area contributed by atoms with Gasteiger partial charge < -0.3 is 15.8 Å². The highest BCUT2D eigenvalue weighted by atomic mass is 16.4. The predicted octanol–water partition coefficient (Wildman–Crippen LogP) is 2.42. The highest BCUT2D eigenvalue weighted by Gasteiger charge is 2.23. The summed E-state index contributed by atoms with van der Waals surface area (Å²) in [6, 6.07) is 2.03. The zero-order chi connectivity index (χ0) is 14.7. The molecule has 1 aliphatic carbocycles. The molecule has 5 nitrogen and oxygen atoms in total. The lowest BCUT2D eigenvalue weighted by Gasteiger charge is -2.34. The van der Waals surface area contributed by atoms with Crippen molar-refractivity contribution < 1.29 is 5.21 Å². The van der Waals surface area contributed by atoms with E-state index in [2.05, 4.69) is 22.0 Å². The first-order chi connectivity index (χ1) is 9.56. The number of hydrogen-bond acceptors (Lipinski definition) is 4. The molecule has 2 rings (SSSR count). The molecule has 110 valence electrons. The van der Waals surface area contributed by atoms with Crippen LogP contribution in [0.4, 0.5) is 5.69 Å². The third-order valence-electron chi connectivity index (χ3n) is 4.10. The van der Waals surface area contributed by atoms with Crippen molar-refractivity contribution in [2.24, 2.45) is 16.8 Å². The molecule has 0 radical (unpaired) electrons. The molecular formula is C15H24N4O. The van der Waals surface area contributed by atoms with Gasteiger partial charge in [0.1, 0.15) is 0 Å². The van der Waals surface area contributed by atoms with E-state index in [1.54, 1.807) is 0 Å². The lowest BCUT2D eigenvalue weighted by atomic mass is 9.85.